The second-order valence-corrected chi connectivity index (χ2v) is 12.5. The highest BCUT2D eigenvalue weighted by molar-refractivity contribution is 7.89. The zero-order valence-electron chi connectivity index (χ0n) is 23.5. The van der Waals surface area contributed by atoms with Gasteiger partial charge >= 0.3 is 0 Å². The maximum atomic E-state index is 13.0. The van der Waals surface area contributed by atoms with E-state index in [-0.39, 0.29) is 16.8 Å². The first-order valence-electron chi connectivity index (χ1n) is 14.0. The van der Waals surface area contributed by atoms with Gasteiger partial charge in [-0.2, -0.15) is 4.31 Å². The first-order chi connectivity index (χ1) is 18.7. The number of nitrogens with one attached hydrogen (secondary N) is 2. The summed E-state index contributed by atoms with van der Waals surface area (Å²) in [5, 5.41) is 7.88. The summed E-state index contributed by atoms with van der Waals surface area (Å²) in [6, 6.07) is 17.0. The Labute approximate surface area is 232 Å². The van der Waals surface area contributed by atoms with Gasteiger partial charge < -0.3 is 15.5 Å². The molecule has 0 unspecified atom stereocenters. The highest BCUT2D eigenvalue weighted by Gasteiger charge is 2.25. The molecule has 2 aromatic carbocycles. The minimum Gasteiger partial charge on any atom is -0.377 e. The summed E-state index contributed by atoms with van der Waals surface area (Å²) in [5.41, 5.74) is 2.57. The van der Waals surface area contributed by atoms with Crippen LogP contribution in [0, 0.1) is 0 Å². The monoisotopic (exact) mass is 551 g/mol. The Bertz CT molecular complexity index is 1360. The Kier molecular flexibility index (Phi) is 9.45. The number of sulfonamides is 1. The third kappa shape index (κ3) is 6.89. The third-order valence-corrected chi connectivity index (χ3v) is 9.20. The highest BCUT2D eigenvalue weighted by atomic mass is 32.2. The molecular formula is C30H41N5O3S. The van der Waals surface area contributed by atoms with Crippen LogP contribution in [0.25, 0.3) is 10.9 Å². The number of pyridine rings is 1. The fourth-order valence-corrected chi connectivity index (χ4v) is 6.86. The molecule has 0 aliphatic heterocycles. The van der Waals surface area contributed by atoms with E-state index in [9.17, 15) is 13.2 Å². The Morgan fingerprint density at radius 2 is 1.54 bits per heavy atom. The van der Waals surface area contributed by atoms with Crippen LogP contribution < -0.4 is 15.5 Å². The van der Waals surface area contributed by atoms with Crippen molar-refractivity contribution >= 4 is 38.3 Å². The van der Waals surface area contributed by atoms with Gasteiger partial charge in [-0.05, 0) is 68.9 Å². The van der Waals surface area contributed by atoms with Crippen molar-refractivity contribution in [1.29, 1.82) is 0 Å². The third-order valence-electron chi connectivity index (χ3n) is 7.29. The van der Waals surface area contributed by atoms with Crippen LogP contribution in [-0.2, 0) is 10.0 Å². The lowest BCUT2D eigenvalue weighted by Gasteiger charge is -2.30. The molecule has 0 radical (unpaired) electrons. The van der Waals surface area contributed by atoms with Gasteiger partial charge in [-0.25, -0.2) is 13.4 Å². The molecule has 1 saturated carbocycles. The SMILES string of the molecule is CCCN(CCC)S(=O)(=O)c1ccc(C(=O)NC2CCC(Nc3cc(N(C)C)c4ccccc4n3)CC2)cc1. The first kappa shape index (κ1) is 28.8. The summed E-state index contributed by atoms with van der Waals surface area (Å²) in [7, 11) is 0.522. The number of nitrogens with zero attached hydrogens (tertiary/aromatic N) is 3. The van der Waals surface area contributed by atoms with Crippen molar-refractivity contribution in [1.82, 2.24) is 14.6 Å². The average molecular weight is 552 g/mol. The molecule has 1 fully saturated rings. The summed E-state index contributed by atoms with van der Waals surface area (Å²) in [6.07, 6.45) is 5.11. The number of amides is 1. The molecule has 210 valence electrons. The van der Waals surface area contributed by atoms with Crippen LogP contribution in [-0.4, -0.2) is 62.9 Å². The van der Waals surface area contributed by atoms with Crippen molar-refractivity contribution in [2.24, 2.45) is 0 Å². The Morgan fingerprint density at radius 1 is 0.923 bits per heavy atom. The molecule has 8 nitrogen and oxygen atoms in total. The summed E-state index contributed by atoms with van der Waals surface area (Å²) < 4.78 is 27.5. The zero-order chi connectivity index (χ0) is 28.0. The maximum absolute atomic E-state index is 13.0. The molecule has 0 atom stereocenters. The lowest BCUT2D eigenvalue weighted by molar-refractivity contribution is 0.0926. The second-order valence-electron chi connectivity index (χ2n) is 10.5. The van der Waals surface area contributed by atoms with E-state index in [2.05, 4.69) is 27.7 Å². The molecule has 2 N–H and O–H groups in total. The number of hydrogen-bond acceptors (Lipinski definition) is 6. The standard InChI is InChI=1S/C30H41N5O3S/c1-5-19-35(20-6-2)39(37,38)25-17-11-22(12-18-25)30(36)32-24-15-13-23(14-16-24)31-29-21-28(34(3)4)26-9-7-8-10-27(26)33-29/h7-12,17-18,21,23-24H,5-6,13-16,19-20H2,1-4H3,(H,31,33)(H,32,36). The van der Waals surface area contributed by atoms with E-state index in [4.69, 9.17) is 4.98 Å². The molecule has 39 heavy (non-hydrogen) atoms. The van der Waals surface area contributed by atoms with Gasteiger partial charge in [-0.15, -0.1) is 0 Å². The van der Waals surface area contributed by atoms with Crippen LogP contribution in [0.15, 0.2) is 59.5 Å². The lowest BCUT2D eigenvalue weighted by Crippen LogP contribution is -2.40. The van der Waals surface area contributed by atoms with Gasteiger partial charge in [0.2, 0.25) is 10.0 Å². The Balaban J connectivity index is 1.33. The molecule has 1 aliphatic carbocycles. The zero-order valence-corrected chi connectivity index (χ0v) is 24.3. The molecule has 1 amide bonds. The molecule has 0 bridgehead atoms. The van der Waals surface area contributed by atoms with Crippen LogP contribution in [0.1, 0.15) is 62.7 Å². The number of anilines is 2. The summed E-state index contributed by atoms with van der Waals surface area (Å²) in [6.45, 7) is 4.92. The summed E-state index contributed by atoms with van der Waals surface area (Å²) in [5.74, 6) is 0.706. The highest BCUT2D eigenvalue weighted by Crippen LogP contribution is 2.29. The number of benzene rings is 2. The lowest BCUT2D eigenvalue weighted by atomic mass is 9.91. The van der Waals surface area contributed by atoms with E-state index in [1.54, 1.807) is 24.3 Å². The molecule has 1 aliphatic rings. The molecular weight excluding hydrogens is 510 g/mol. The number of aromatic nitrogens is 1. The molecule has 9 heteroatoms. The molecule has 3 aromatic rings. The number of hydrogen-bond donors (Lipinski definition) is 2. The van der Waals surface area contributed by atoms with Crippen LogP contribution in [0.3, 0.4) is 0 Å². The number of fused-ring (bicyclic) bond motifs is 1. The van der Waals surface area contributed by atoms with Gasteiger partial charge in [0.25, 0.3) is 5.91 Å². The van der Waals surface area contributed by atoms with E-state index >= 15 is 0 Å². The minimum absolute atomic E-state index is 0.0884. The van der Waals surface area contributed by atoms with Crippen molar-refractivity contribution < 1.29 is 13.2 Å². The van der Waals surface area contributed by atoms with Crippen LogP contribution in [0.2, 0.25) is 0 Å². The van der Waals surface area contributed by atoms with Crippen LogP contribution in [0.4, 0.5) is 11.5 Å². The van der Waals surface area contributed by atoms with Crippen molar-refractivity contribution in [3.05, 3.63) is 60.2 Å². The van der Waals surface area contributed by atoms with Crippen molar-refractivity contribution in [3.8, 4) is 0 Å². The van der Waals surface area contributed by atoms with Crippen molar-refractivity contribution in [3.63, 3.8) is 0 Å². The van der Waals surface area contributed by atoms with Gasteiger partial charge in [0, 0.05) is 62.0 Å². The smallest absolute Gasteiger partial charge is 0.251 e. The predicted octanol–water partition coefficient (Wildman–Crippen LogP) is 5.26. The van der Waals surface area contributed by atoms with Crippen LogP contribution in [0.5, 0.6) is 0 Å². The molecule has 0 spiro atoms. The fourth-order valence-electron chi connectivity index (χ4n) is 5.24. The number of rotatable bonds is 11. The normalized spacial score (nSPS) is 17.8. The van der Waals surface area contributed by atoms with Gasteiger partial charge in [0.1, 0.15) is 5.82 Å². The number of para-hydroxylation sites is 1. The van der Waals surface area contributed by atoms with E-state index in [1.165, 1.54) is 4.31 Å². The van der Waals surface area contributed by atoms with E-state index < -0.39 is 10.0 Å². The van der Waals surface area contributed by atoms with Crippen molar-refractivity contribution in [2.45, 2.75) is 69.4 Å². The summed E-state index contributed by atoms with van der Waals surface area (Å²) >= 11 is 0. The topological polar surface area (TPSA) is 94.6 Å². The Morgan fingerprint density at radius 3 is 2.15 bits per heavy atom. The van der Waals surface area contributed by atoms with Crippen LogP contribution >= 0.6 is 0 Å². The number of carbonyl (C=O) groups is 1. The molecule has 1 aromatic heterocycles. The van der Waals surface area contributed by atoms with Gasteiger partial charge in [0.05, 0.1) is 10.4 Å². The molecule has 4 rings (SSSR count). The van der Waals surface area contributed by atoms with Gasteiger partial charge in [-0.1, -0.05) is 32.0 Å². The largest absolute Gasteiger partial charge is 0.377 e. The number of carbonyl (C=O) groups excluding carboxylic acids is 1. The second kappa shape index (κ2) is 12.8. The van der Waals surface area contributed by atoms with Crippen molar-refractivity contribution in [2.75, 3.05) is 37.4 Å². The van der Waals surface area contributed by atoms with Gasteiger partial charge in [0.15, 0.2) is 0 Å². The van der Waals surface area contributed by atoms with E-state index in [0.717, 1.165) is 60.9 Å². The van der Waals surface area contributed by atoms with E-state index in [1.807, 2.05) is 46.1 Å². The maximum Gasteiger partial charge on any atom is 0.251 e. The Hall–Kier alpha value is -3.17. The minimum atomic E-state index is -3.56. The quantitative estimate of drug-likeness (QED) is 0.337. The predicted molar refractivity (Wildman–Crippen MR) is 159 cm³/mol. The molecule has 1 heterocycles. The first-order valence-corrected chi connectivity index (χ1v) is 15.4. The average Bonchev–Trinajstić information content (AvgIpc) is 2.93. The van der Waals surface area contributed by atoms with E-state index in [0.29, 0.717) is 24.7 Å². The molecule has 0 saturated heterocycles. The van der Waals surface area contributed by atoms with Gasteiger partial charge in [-0.3, -0.25) is 4.79 Å². The summed E-state index contributed by atoms with van der Waals surface area (Å²) in [4.78, 5) is 20.1. The fraction of sp³-hybridized carbons (Fsp3) is 0.467.